The average molecular weight is 400 g/mol. The Morgan fingerprint density at radius 3 is 1.88 bits per heavy atom. The van der Waals surface area contributed by atoms with E-state index in [-0.39, 0.29) is 17.1 Å². The smallest absolute Gasteiger partial charge is 0.0662 e. The third kappa shape index (κ3) is 3.25. The van der Waals surface area contributed by atoms with E-state index >= 15 is 0 Å². The average Bonchev–Trinajstić information content (AvgIpc) is 3.33. The van der Waals surface area contributed by atoms with E-state index in [1.807, 2.05) is 66.8 Å². The van der Waals surface area contributed by atoms with Gasteiger partial charge < -0.3 is 9.97 Å². The third-order valence-corrected chi connectivity index (χ3v) is 4.43. The van der Waals surface area contributed by atoms with Gasteiger partial charge in [-0.3, -0.25) is 0 Å². The van der Waals surface area contributed by atoms with E-state index in [4.69, 9.17) is 11.6 Å². The second-order valence-corrected chi connectivity index (χ2v) is 6.43. The van der Waals surface area contributed by atoms with Crippen molar-refractivity contribution in [3.05, 3.63) is 70.3 Å². The molecule has 2 N–H and O–H groups in total. The quantitative estimate of drug-likeness (QED) is 0.347. The zero-order valence-corrected chi connectivity index (χ0v) is 15.4. The summed E-state index contributed by atoms with van der Waals surface area (Å²) >= 11 is 6.36. The van der Waals surface area contributed by atoms with Gasteiger partial charge in [0.2, 0.25) is 0 Å². The Balaban J connectivity index is 0.00000168. The van der Waals surface area contributed by atoms with E-state index < -0.39 is 0 Å². The van der Waals surface area contributed by atoms with Crippen LogP contribution >= 0.6 is 11.6 Å². The molecule has 0 fully saturated rings. The third-order valence-electron chi connectivity index (χ3n) is 4.12. The number of aromatic amines is 2. The molecule has 5 heterocycles. The van der Waals surface area contributed by atoms with Crippen LogP contribution in [-0.4, -0.2) is 19.9 Å². The van der Waals surface area contributed by atoms with Crippen LogP contribution in [0.5, 0.6) is 0 Å². The molecule has 0 aliphatic carbocycles. The predicted molar refractivity (Wildman–Crippen MR) is 104 cm³/mol. The maximum atomic E-state index is 6.36. The molecular weight excluding hydrogens is 387 g/mol. The molecule has 0 unspecified atom stereocenters. The fourth-order valence-electron chi connectivity index (χ4n) is 2.98. The Morgan fingerprint density at radius 2 is 1.19 bits per heavy atom. The largest absolute Gasteiger partial charge is 0.355 e. The molecule has 0 amide bonds. The predicted octanol–water partition coefficient (Wildman–Crippen LogP) is 5.31. The summed E-state index contributed by atoms with van der Waals surface area (Å²) in [5, 5.41) is 0.671. The molecular formula is C20H13ClMnN4. The van der Waals surface area contributed by atoms with Gasteiger partial charge in [0, 0.05) is 33.6 Å². The summed E-state index contributed by atoms with van der Waals surface area (Å²) < 4.78 is 0. The summed E-state index contributed by atoms with van der Waals surface area (Å²) in [6, 6.07) is 13.9. The van der Waals surface area contributed by atoms with Gasteiger partial charge in [0.25, 0.3) is 0 Å². The Hall–Kier alpha value is -2.59. The molecule has 6 heteroatoms. The summed E-state index contributed by atoms with van der Waals surface area (Å²) in [4.78, 5) is 15.9. The van der Waals surface area contributed by atoms with Crippen LogP contribution in [0, 0.1) is 0 Å². The summed E-state index contributed by atoms with van der Waals surface area (Å²) in [7, 11) is 0. The van der Waals surface area contributed by atoms with Crippen LogP contribution < -0.4 is 0 Å². The molecule has 3 aromatic rings. The van der Waals surface area contributed by atoms with Gasteiger partial charge in [-0.1, -0.05) is 11.6 Å². The Labute approximate surface area is 165 Å². The molecule has 3 aromatic heterocycles. The van der Waals surface area contributed by atoms with Crippen molar-refractivity contribution in [3.8, 4) is 0 Å². The molecule has 0 aromatic carbocycles. The van der Waals surface area contributed by atoms with Crippen molar-refractivity contribution in [1.29, 1.82) is 0 Å². The van der Waals surface area contributed by atoms with Crippen LogP contribution in [-0.2, 0) is 17.1 Å². The molecule has 0 saturated carbocycles. The molecule has 8 bridgehead atoms. The molecule has 5 rings (SSSR count). The number of rotatable bonds is 0. The van der Waals surface area contributed by atoms with Crippen LogP contribution in [0.1, 0.15) is 22.8 Å². The molecule has 26 heavy (non-hydrogen) atoms. The first-order valence-electron chi connectivity index (χ1n) is 7.95. The molecule has 0 saturated heterocycles. The Morgan fingerprint density at radius 1 is 0.615 bits per heavy atom. The minimum absolute atomic E-state index is 0. The maximum Gasteiger partial charge on any atom is 0.0662 e. The van der Waals surface area contributed by atoms with Crippen molar-refractivity contribution >= 4 is 58.0 Å². The summed E-state index contributed by atoms with van der Waals surface area (Å²) in [5.74, 6) is 0. The van der Waals surface area contributed by atoms with Crippen LogP contribution in [0.2, 0.25) is 5.02 Å². The first-order valence-corrected chi connectivity index (χ1v) is 8.33. The van der Waals surface area contributed by atoms with E-state index in [1.165, 1.54) is 0 Å². The van der Waals surface area contributed by atoms with Gasteiger partial charge in [0.1, 0.15) is 0 Å². The fourth-order valence-corrected chi connectivity index (χ4v) is 3.20. The minimum Gasteiger partial charge on any atom is -0.355 e. The molecule has 2 aliphatic heterocycles. The monoisotopic (exact) mass is 399 g/mol. The Kier molecular flexibility index (Phi) is 4.29. The summed E-state index contributed by atoms with van der Waals surface area (Å²) in [6.07, 6.45) is 7.94. The van der Waals surface area contributed by atoms with Gasteiger partial charge in [0.15, 0.2) is 0 Å². The normalized spacial score (nSPS) is 12.2. The number of H-pyrrole nitrogens is 2. The van der Waals surface area contributed by atoms with Gasteiger partial charge >= 0.3 is 0 Å². The number of halogens is 1. The topological polar surface area (TPSA) is 57.4 Å². The summed E-state index contributed by atoms with van der Waals surface area (Å²) in [5.41, 5.74) is 7.31. The van der Waals surface area contributed by atoms with Gasteiger partial charge in [-0.15, -0.1) is 0 Å². The van der Waals surface area contributed by atoms with Gasteiger partial charge in [-0.25, -0.2) is 9.97 Å². The van der Waals surface area contributed by atoms with Crippen LogP contribution in [0.4, 0.5) is 0 Å². The van der Waals surface area contributed by atoms with Gasteiger partial charge in [0.05, 0.1) is 33.3 Å². The standard InChI is InChI=1S/C20H13ClN4.Mn/c21-19-10-18-9-16-4-3-14(23-16)7-12-1-2-13(22-12)8-15-5-6-17(24-15)11-20(19)25-18;/h1-11,23,25H;. The zero-order chi connectivity index (χ0) is 16.8. The van der Waals surface area contributed by atoms with Crippen molar-refractivity contribution in [2.45, 2.75) is 0 Å². The van der Waals surface area contributed by atoms with E-state index in [2.05, 4.69) is 19.9 Å². The first kappa shape index (κ1) is 16.9. The van der Waals surface area contributed by atoms with E-state index in [1.54, 1.807) is 0 Å². The van der Waals surface area contributed by atoms with Crippen molar-refractivity contribution < 1.29 is 17.1 Å². The maximum absolute atomic E-state index is 6.36. The molecule has 2 aliphatic rings. The summed E-state index contributed by atoms with van der Waals surface area (Å²) in [6.45, 7) is 0. The van der Waals surface area contributed by atoms with Crippen molar-refractivity contribution in [2.75, 3.05) is 0 Å². The second kappa shape index (κ2) is 6.61. The van der Waals surface area contributed by atoms with Crippen molar-refractivity contribution in [3.63, 3.8) is 0 Å². The SMILES string of the molecule is Clc1cc2cc3ccc(cc4nc(cc5nc(cc1[nH]2)C=C5)C=C4)[nH]3.[Mn]. The Bertz CT molecular complexity index is 1220. The number of aromatic nitrogens is 4. The second-order valence-electron chi connectivity index (χ2n) is 6.02. The minimum atomic E-state index is 0. The zero-order valence-electron chi connectivity index (χ0n) is 13.5. The molecule has 127 valence electrons. The fraction of sp³-hybridized carbons (Fsp3) is 0. The van der Waals surface area contributed by atoms with Gasteiger partial charge in [-0.05, 0) is 66.8 Å². The number of fused-ring (bicyclic) bond motifs is 8. The van der Waals surface area contributed by atoms with Gasteiger partial charge in [-0.2, -0.15) is 0 Å². The van der Waals surface area contributed by atoms with Crippen molar-refractivity contribution in [2.24, 2.45) is 0 Å². The van der Waals surface area contributed by atoms with Crippen LogP contribution in [0.25, 0.3) is 46.4 Å². The van der Waals surface area contributed by atoms with E-state index in [0.29, 0.717) is 5.02 Å². The van der Waals surface area contributed by atoms with E-state index in [9.17, 15) is 0 Å². The van der Waals surface area contributed by atoms with Crippen LogP contribution in [0.15, 0.2) is 42.5 Å². The molecule has 1 radical (unpaired) electrons. The first-order chi connectivity index (χ1) is 12.2. The number of nitrogens with one attached hydrogen (secondary N) is 2. The number of hydrogen-bond donors (Lipinski definition) is 2. The van der Waals surface area contributed by atoms with Crippen LogP contribution in [0.3, 0.4) is 0 Å². The van der Waals surface area contributed by atoms with E-state index in [0.717, 1.165) is 44.8 Å². The molecule has 4 nitrogen and oxygen atoms in total. The number of hydrogen-bond acceptors (Lipinski definition) is 2. The number of nitrogens with zero attached hydrogens (tertiary/aromatic N) is 2. The molecule has 0 spiro atoms. The van der Waals surface area contributed by atoms with Crippen molar-refractivity contribution in [1.82, 2.24) is 19.9 Å². The molecule has 0 atom stereocenters.